The van der Waals surface area contributed by atoms with E-state index in [1.807, 2.05) is 6.07 Å². The number of halogens is 2. The number of hydrogen-bond acceptors (Lipinski definition) is 5. The summed E-state index contributed by atoms with van der Waals surface area (Å²) in [6.45, 7) is 2.28. The van der Waals surface area contributed by atoms with Gasteiger partial charge < -0.3 is 19.9 Å². The number of nitriles is 1. The minimum absolute atomic E-state index is 0.0591. The molecule has 3 rings (SSSR count). The van der Waals surface area contributed by atoms with Gasteiger partial charge in [-0.3, -0.25) is 4.79 Å². The molecule has 0 atom stereocenters. The van der Waals surface area contributed by atoms with Crippen molar-refractivity contribution in [2.24, 2.45) is 0 Å². The van der Waals surface area contributed by atoms with Crippen LogP contribution >= 0.6 is 11.6 Å². The lowest BCUT2D eigenvalue weighted by Gasteiger charge is -2.15. The number of aromatic hydroxyl groups is 1. The van der Waals surface area contributed by atoms with Crippen LogP contribution in [-0.2, 0) is 11.4 Å². The van der Waals surface area contributed by atoms with Gasteiger partial charge in [0.1, 0.15) is 29.8 Å². The summed E-state index contributed by atoms with van der Waals surface area (Å²) in [5.74, 6) is -0.259. The number of amides is 1. The van der Waals surface area contributed by atoms with Crippen LogP contribution < -0.4 is 14.8 Å². The molecule has 3 aromatic carbocycles. The van der Waals surface area contributed by atoms with E-state index in [1.165, 1.54) is 42.5 Å². The molecule has 0 aliphatic carbocycles. The third-order valence-corrected chi connectivity index (χ3v) is 4.71. The van der Waals surface area contributed by atoms with Crippen LogP contribution in [-0.4, -0.2) is 17.6 Å². The second-order valence-electron chi connectivity index (χ2n) is 6.85. The van der Waals surface area contributed by atoms with E-state index >= 15 is 0 Å². The Kier molecular flexibility index (Phi) is 7.90. The number of carbonyl (C=O) groups is 1. The molecule has 6 nitrogen and oxygen atoms in total. The Morgan fingerprint density at radius 2 is 1.85 bits per heavy atom. The summed E-state index contributed by atoms with van der Waals surface area (Å²) < 4.78 is 24.5. The lowest BCUT2D eigenvalue weighted by molar-refractivity contribution is -0.112. The molecule has 0 saturated carbocycles. The summed E-state index contributed by atoms with van der Waals surface area (Å²) in [5.41, 5.74) is 1.49. The fourth-order valence-corrected chi connectivity index (χ4v) is 3.14. The van der Waals surface area contributed by atoms with Crippen LogP contribution in [0.15, 0.2) is 66.2 Å². The standard InChI is InChI=1S/C25H20ClFN2O4/c1-2-32-23-13-17(11-18(14-28)25(31)29-20-7-9-21(30)10-8-20)12-22(26)24(23)33-15-16-3-5-19(27)6-4-16/h3-13,30H,2,15H2,1H3,(H,29,31)/b18-11+. The summed E-state index contributed by atoms with van der Waals surface area (Å²) in [6.07, 6.45) is 1.38. The Morgan fingerprint density at radius 3 is 2.48 bits per heavy atom. The maximum absolute atomic E-state index is 13.1. The van der Waals surface area contributed by atoms with Crippen molar-refractivity contribution in [2.75, 3.05) is 11.9 Å². The number of ether oxygens (including phenoxy) is 2. The van der Waals surface area contributed by atoms with Gasteiger partial charge in [0, 0.05) is 5.69 Å². The van der Waals surface area contributed by atoms with Gasteiger partial charge in [-0.05, 0) is 72.7 Å². The van der Waals surface area contributed by atoms with Gasteiger partial charge in [0.2, 0.25) is 0 Å². The van der Waals surface area contributed by atoms with Gasteiger partial charge in [-0.25, -0.2) is 4.39 Å². The molecule has 0 radical (unpaired) electrons. The van der Waals surface area contributed by atoms with Crippen molar-refractivity contribution in [3.8, 4) is 23.3 Å². The second-order valence-corrected chi connectivity index (χ2v) is 7.26. The molecule has 33 heavy (non-hydrogen) atoms. The molecule has 8 heteroatoms. The van der Waals surface area contributed by atoms with Gasteiger partial charge in [0.25, 0.3) is 5.91 Å². The van der Waals surface area contributed by atoms with Crippen molar-refractivity contribution in [1.82, 2.24) is 0 Å². The molecule has 0 saturated heterocycles. The zero-order valence-corrected chi connectivity index (χ0v) is 18.4. The molecule has 0 bridgehead atoms. The van der Waals surface area contributed by atoms with E-state index in [4.69, 9.17) is 21.1 Å². The van der Waals surface area contributed by atoms with Crippen LogP contribution in [0.3, 0.4) is 0 Å². The molecule has 0 heterocycles. The van der Waals surface area contributed by atoms with Crippen molar-refractivity contribution >= 4 is 29.3 Å². The smallest absolute Gasteiger partial charge is 0.266 e. The number of benzene rings is 3. The highest BCUT2D eigenvalue weighted by Gasteiger charge is 2.15. The normalized spacial score (nSPS) is 10.9. The first-order valence-electron chi connectivity index (χ1n) is 9.95. The molecular weight excluding hydrogens is 447 g/mol. The number of rotatable bonds is 8. The fraction of sp³-hybridized carbons (Fsp3) is 0.120. The van der Waals surface area contributed by atoms with E-state index in [9.17, 15) is 19.6 Å². The molecule has 0 aliphatic rings. The predicted octanol–water partition coefficient (Wildman–Crippen LogP) is 5.71. The van der Waals surface area contributed by atoms with Crippen LogP contribution in [0.25, 0.3) is 6.08 Å². The van der Waals surface area contributed by atoms with Crippen molar-refractivity contribution in [1.29, 1.82) is 5.26 Å². The maximum Gasteiger partial charge on any atom is 0.266 e. The van der Waals surface area contributed by atoms with E-state index in [0.717, 1.165) is 5.56 Å². The van der Waals surface area contributed by atoms with Crippen molar-refractivity contribution in [3.05, 3.63) is 88.2 Å². The number of nitrogens with one attached hydrogen (secondary N) is 1. The molecular formula is C25H20ClFN2O4. The van der Waals surface area contributed by atoms with E-state index < -0.39 is 5.91 Å². The van der Waals surface area contributed by atoms with Crippen LogP contribution in [0.4, 0.5) is 10.1 Å². The van der Waals surface area contributed by atoms with Gasteiger partial charge in [0.05, 0.1) is 11.6 Å². The first-order valence-corrected chi connectivity index (χ1v) is 10.3. The lowest BCUT2D eigenvalue weighted by atomic mass is 10.1. The van der Waals surface area contributed by atoms with Crippen molar-refractivity contribution in [3.63, 3.8) is 0 Å². The molecule has 3 aromatic rings. The topological polar surface area (TPSA) is 91.6 Å². The van der Waals surface area contributed by atoms with Gasteiger partial charge in [-0.15, -0.1) is 0 Å². The Hall–Kier alpha value is -4.02. The van der Waals surface area contributed by atoms with Crippen LogP contribution in [0.1, 0.15) is 18.1 Å². The molecule has 0 fully saturated rings. The predicted molar refractivity (Wildman–Crippen MR) is 124 cm³/mol. The number of carbonyl (C=O) groups excluding carboxylic acids is 1. The summed E-state index contributed by atoms with van der Waals surface area (Å²) in [5, 5.41) is 21.6. The Bertz CT molecular complexity index is 1200. The van der Waals surface area contributed by atoms with Gasteiger partial charge >= 0.3 is 0 Å². The number of nitrogens with zero attached hydrogens (tertiary/aromatic N) is 1. The molecule has 2 N–H and O–H groups in total. The van der Waals surface area contributed by atoms with E-state index in [0.29, 0.717) is 29.4 Å². The molecule has 0 aromatic heterocycles. The Balaban J connectivity index is 1.83. The SMILES string of the molecule is CCOc1cc(/C=C(\C#N)C(=O)Nc2ccc(O)cc2)cc(Cl)c1OCc1ccc(F)cc1. The molecule has 168 valence electrons. The van der Waals surface area contributed by atoms with Gasteiger partial charge in [0.15, 0.2) is 11.5 Å². The van der Waals surface area contributed by atoms with Crippen molar-refractivity contribution < 1.29 is 23.8 Å². The highest BCUT2D eigenvalue weighted by Crippen LogP contribution is 2.38. The number of phenolic OH excluding ortho intramolecular Hbond substituents is 1. The van der Waals surface area contributed by atoms with Crippen LogP contribution in [0.5, 0.6) is 17.2 Å². The molecule has 0 aliphatic heterocycles. The van der Waals surface area contributed by atoms with E-state index in [1.54, 1.807) is 31.2 Å². The Labute approximate surface area is 195 Å². The van der Waals surface area contributed by atoms with Gasteiger partial charge in [-0.2, -0.15) is 5.26 Å². The summed E-state index contributed by atoms with van der Waals surface area (Å²) in [7, 11) is 0. The molecule has 0 spiro atoms. The maximum atomic E-state index is 13.1. The summed E-state index contributed by atoms with van der Waals surface area (Å²) >= 11 is 6.41. The molecule has 1 amide bonds. The zero-order valence-electron chi connectivity index (χ0n) is 17.6. The Morgan fingerprint density at radius 1 is 1.15 bits per heavy atom. The minimum atomic E-state index is -0.617. The second kappa shape index (κ2) is 11.0. The third-order valence-electron chi connectivity index (χ3n) is 4.43. The van der Waals surface area contributed by atoms with Crippen LogP contribution in [0.2, 0.25) is 5.02 Å². The lowest BCUT2D eigenvalue weighted by Crippen LogP contribution is -2.13. The largest absolute Gasteiger partial charge is 0.508 e. The number of phenols is 1. The summed E-state index contributed by atoms with van der Waals surface area (Å²) in [6, 6.07) is 16.8. The monoisotopic (exact) mass is 466 g/mol. The number of hydrogen-bond donors (Lipinski definition) is 2. The van der Waals surface area contributed by atoms with Crippen LogP contribution in [0, 0.1) is 17.1 Å². The quantitative estimate of drug-likeness (QED) is 0.252. The summed E-state index contributed by atoms with van der Waals surface area (Å²) in [4.78, 5) is 12.5. The van der Waals surface area contributed by atoms with Gasteiger partial charge in [-0.1, -0.05) is 23.7 Å². The first kappa shape index (κ1) is 23.6. The molecule has 0 unspecified atom stereocenters. The van der Waals surface area contributed by atoms with E-state index in [-0.39, 0.29) is 28.8 Å². The fourth-order valence-electron chi connectivity index (χ4n) is 2.87. The highest BCUT2D eigenvalue weighted by atomic mass is 35.5. The minimum Gasteiger partial charge on any atom is -0.508 e. The zero-order chi connectivity index (χ0) is 23.8. The van der Waals surface area contributed by atoms with E-state index in [2.05, 4.69) is 5.32 Å². The van der Waals surface area contributed by atoms with Crippen molar-refractivity contribution in [2.45, 2.75) is 13.5 Å². The average Bonchev–Trinajstić information content (AvgIpc) is 2.79. The highest BCUT2D eigenvalue weighted by molar-refractivity contribution is 6.32. The average molecular weight is 467 g/mol. The number of anilines is 1. The first-order chi connectivity index (χ1) is 15.9. The third kappa shape index (κ3) is 6.48.